The van der Waals surface area contributed by atoms with Crippen LogP contribution in [0.25, 0.3) is 0 Å². The van der Waals surface area contributed by atoms with Gasteiger partial charge in [0.1, 0.15) is 11.6 Å². The molecule has 2 fully saturated rings. The van der Waals surface area contributed by atoms with Crippen molar-refractivity contribution in [3.05, 3.63) is 35.4 Å². The fraction of sp³-hybridized carbons (Fsp3) is 0.611. The summed E-state index contributed by atoms with van der Waals surface area (Å²) in [6.45, 7) is 0.266. The van der Waals surface area contributed by atoms with Crippen molar-refractivity contribution in [2.45, 2.75) is 64.0 Å². The molecule has 4 heteroatoms. The van der Waals surface area contributed by atoms with E-state index in [0.29, 0.717) is 17.9 Å². The molecule has 0 atom stereocenters. The molecular weight excluding hydrogens is 284 g/mol. The summed E-state index contributed by atoms with van der Waals surface area (Å²) in [5.41, 5.74) is 0.408. The van der Waals surface area contributed by atoms with Gasteiger partial charge in [0.15, 0.2) is 0 Å². The van der Waals surface area contributed by atoms with E-state index < -0.39 is 11.6 Å². The van der Waals surface area contributed by atoms with Gasteiger partial charge in [-0.3, -0.25) is 4.79 Å². The maximum atomic E-state index is 13.8. The molecule has 0 bridgehead atoms. The predicted molar refractivity (Wildman–Crippen MR) is 81.1 cm³/mol. The van der Waals surface area contributed by atoms with Crippen molar-refractivity contribution in [3.63, 3.8) is 0 Å². The Morgan fingerprint density at radius 1 is 1.09 bits per heavy atom. The molecule has 1 amide bonds. The van der Waals surface area contributed by atoms with Crippen molar-refractivity contribution in [2.24, 2.45) is 5.92 Å². The van der Waals surface area contributed by atoms with E-state index >= 15 is 0 Å². The Morgan fingerprint density at radius 3 is 2.45 bits per heavy atom. The molecule has 0 N–H and O–H groups in total. The highest BCUT2D eigenvalue weighted by atomic mass is 19.1. The molecule has 0 radical (unpaired) electrons. The number of hydrogen-bond acceptors (Lipinski definition) is 1. The highest BCUT2D eigenvalue weighted by Gasteiger charge is 2.34. The van der Waals surface area contributed by atoms with E-state index in [1.807, 2.05) is 4.90 Å². The minimum Gasteiger partial charge on any atom is -0.335 e. The molecule has 2 aliphatic rings. The fourth-order valence-electron chi connectivity index (χ4n) is 3.40. The number of carbonyl (C=O) groups is 1. The average Bonchev–Trinajstić information content (AvgIpc) is 3.32. The monoisotopic (exact) mass is 307 g/mol. The average molecular weight is 307 g/mol. The van der Waals surface area contributed by atoms with Crippen LogP contribution in [0.5, 0.6) is 0 Å². The van der Waals surface area contributed by atoms with Crippen molar-refractivity contribution >= 4 is 5.91 Å². The lowest BCUT2D eigenvalue weighted by atomic mass is 9.86. The Hall–Kier alpha value is -1.45. The first-order valence-corrected chi connectivity index (χ1v) is 8.37. The second kappa shape index (κ2) is 6.76. The Morgan fingerprint density at radius 2 is 1.82 bits per heavy atom. The van der Waals surface area contributed by atoms with E-state index in [2.05, 4.69) is 0 Å². The van der Waals surface area contributed by atoms with Gasteiger partial charge in [-0.25, -0.2) is 8.78 Å². The second-order valence-corrected chi connectivity index (χ2v) is 6.70. The quantitative estimate of drug-likeness (QED) is 0.788. The third-order valence-corrected chi connectivity index (χ3v) is 4.85. The largest absolute Gasteiger partial charge is 0.335 e. The fourth-order valence-corrected chi connectivity index (χ4v) is 3.40. The second-order valence-electron chi connectivity index (χ2n) is 6.70. The summed E-state index contributed by atoms with van der Waals surface area (Å²) in [7, 11) is 0. The van der Waals surface area contributed by atoms with E-state index in [1.165, 1.54) is 31.4 Å². The third kappa shape index (κ3) is 3.84. The Bertz CT molecular complexity index is 536. The molecule has 0 aromatic heterocycles. The van der Waals surface area contributed by atoms with E-state index in [-0.39, 0.29) is 18.5 Å². The van der Waals surface area contributed by atoms with Crippen LogP contribution in [0.2, 0.25) is 0 Å². The zero-order valence-electron chi connectivity index (χ0n) is 12.9. The number of amides is 1. The summed E-state index contributed by atoms with van der Waals surface area (Å²) in [6.07, 6.45) is 8.56. The minimum atomic E-state index is -0.576. The van der Waals surface area contributed by atoms with Gasteiger partial charge in [-0.1, -0.05) is 25.3 Å². The molecule has 2 saturated carbocycles. The van der Waals surface area contributed by atoms with Gasteiger partial charge in [0.2, 0.25) is 5.91 Å². The first-order chi connectivity index (χ1) is 10.6. The summed E-state index contributed by atoms with van der Waals surface area (Å²) in [5.74, 6) is -0.512. The van der Waals surface area contributed by atoms with Crippen LogP contribution in [0.3, 0.4) is 0 Å². The standard InChI is InChI=1S/C18H23F2NO/c19-15-7-6-14(17(20)11-15)12-21(16-8-9-16)18(22)10-13-4-2-1-3-5-13/h6-7,11,13,16H,1-5,8-10,12H2. The van der Waals surface area contributed by atoms with Crippen LogP contribution in [0.1, 0.15) is 56.9 Å². The highest BCUT2D eigenvalue weighted by Crippen LogP contribution is 2.32. The van der Waals surface area contributed by atoms with Gasteiger partial charge in [-0.2, -0.15) is 0 Å². The zero-order valence-corrected chi connectivity index (χ0v) is 12.9. The number of nitrogens with zero attached hydrogens (tertiary/aromatic N) is 1. The molecular formula is C18H23F2NO. The van der Waals surface area contributed by atoms with Crippen LogP contribution in [0, 0.1) is 17.6 Å². The zero-order chi connectivity index (χ0) is 15.5. The molecule has 0 unspecified atom stereocenters. The van der Waals surface area contributed by atoms with E-state index in [0.717, 1.165) is 31.7 Å². The smallest absolute Gasteiger partial charge is 0.223 e. The van der Waals surface area contributed by atoms with Gasteiger partial charge < -0.3 is 4.90 Å². The van der Waals surface area contributed by atoms with Crippen molar-refractivity contribution in [1.82, 2.24) is 4.90 Å². The molecule has 0 saturated heterocycles. The van der Waals surface area contributed by atoms with Crippen LogP contribution in [0.4, 0.5) is 8.78 Å². The van der Waals surface area contributed by atoms with Crippen molar-refractivity contribution in [3.8, 4) is 0 Å². The summed E-state index contributed by atoms with van der Waals surface area (Å²) in [5, 5.41) is 0. The SMILES string of the molecule is O=C(CC1CCCCC1)N(Cc1ccc(F)cc1F)C1CC1. The van der Waals surface area contributed by atoms with Gasteiger partial charge in [-0.05, 0) is 37.7 Å². The molecule has 22 heavy (non-hydrogen) atoms. The lowest BCUT2D eigenvalue weighted by molar-refractivity contribution is -0.133. The van der Waals surface area contributed by atoms with Crippen LogP contribution in [-0.2, 0) is 11.3 Å². The topological polar surface area (TPSA) is 20.3 Å². The van der Waals surface area contributed by atoms with Crippen LogP contribution < -0.4 is 0 Å². The summed E-state index contributed by atoms with van der Waals surface area (Å²) in [4.78, 5) is 14.4. The summed E-state index contributed by atoms with van der Waals surface area (Å²) >= 11 is 0. The molecule has 1 aromatic carbocycles. The van der Waals surface area contributed by atoms with Gasteiger partial charge in [0.05, 0.1) is 0 Å². The first-order valence-electron chi connectivity index (χ1n) is 8.37. The molecule has 2 nitrogen and oxygen atoms in total. The first kappa shape index (κ1) is 15.4. The minimum absolute atomic E-state index is 0.137. The predicted octanol–water partition coefficient (Wildman–Crippen LogP) is 4.43. The lowest BCUT2D eigenvalue weighted by Gasteiger charge is -2.27. The van der Waals surface area contributed by atoms with Crippen LogP contribution >= 0.6 is 0 Å². The number of rotatable bonds is 5. The normalized spacial score (nSPS) is 19.2. The van der Waals surface area contributed by atoms with Gasteiger partial charge in [-0.15, -0.1) is 0 Å². The van der Waals surface area contributed by atoms with E-state index in [9.17, 15) is 13.6 Å². The molecule has 0 heterocycles. The van der Waals surface area contributed by atoms with Gasteiger partial charge in [0, 0.05) is 30.6 Å². The maximum Gasteiger partial charge on any atom is 0.223 e. The number of hydrogen-bond donors (Lipinski definition) is 0. The van der Waals surface area contributed by atoms with Gasteiger partial charge in [0.25, 0.3) is 0 Å². The molecule has 1 aromatic rings. The van der Waals surface area contributed by atoms with E-state index in [1.54, 1.807) is 0 Å². The number of halogens is 2. The van der Waals surface area contributed by atoms with Crippen molar-refractivity contribution in [1.29, 1.82) is 0 Å². The lowest BCUT2D eigenvalue weighted by Crippen LogP contribution is -2.34. The number of carbonyl (C=O) groups excluding carboxylic acids is 1. The summed E-state index contributed by atoms with van der Waals surface area (Å²) < 4.78 is 26.8. The molecule has 3 rings (SSSR count). The molecule has 0 aliphatic heterocycles. The van der Waals surface area contributed by atoms with Gasteiger partial charge >= 0.3 is 0 Å². The third-order valence-electron chi connectivity index (χ3n) is 4.85. The van der Waals surface area contributed by atoms with Crippen molar-refractivity contribution in [2.75, 3.05) is 0 Å². The Balaban J connectivity index is 1.65. The molecule has 0 spiro atoms. The Kier molecular flexibility index (Phi) is 4.74. The molecule has 120 valence electrons. The van der Waals surface area contributed by atoms with E-state index in [4.69, 9.17) is 0 Å². The maximum absolute atomic E-state index is 13.8. The highest BCUT2D eigenvalue weighted by molar-refractivity contribution is 5.77. The summed E-state index contributed by atoms with van der Waals surface area (Å²) in [6, 6.07) is 3.86. The Labute approximate surface area is 130 Å². The molecule has 2 aliphatic carbocycles. The van der Waals surface area contributed by atoms with Crippen molar-refractivity contribution < 1.29 is 13.6 Å². The van der Waals surface area contributed by atoms with Crippen LogP contribution in [-0.4, -0.2) is 16.8 Å². The number of benzene rings is 1. The van der Waals surface area contributed by atoms with Crippen LogP contribution in [0.15, 0.2) is 18.2 Å².